The second kappa shape index (κ2) is 5.34. The average molecular weight is 355 g/mol. The molecule has 2 aromatic rings. The fraction of sp³-hybridized carbons (Fsp3) is 0.333. The van der Waals surface area contributed by atoms with Crippen LogP contribution in [0.3, 0.4) is 0 Å². The van der Waals surface area contributed by atoms with Crippen molar-refractivity contribution in [3.8, 4) is 0 Å². The Labute approximate surface area is 122 Å². The van der Waals surface area contributed by atoms with Gasteiger partial charge in [0, 0.05) is 5.69 Å². The first kappa shape index (κ1) is 13.5. The van der Waals surface area contributed by atoms with E-state index in [-0.39, 0.29) is 5.41 Å². The largest absolute Gasteiger partial charge is 0.454 e. The fourth-order valence-corrected chi connectivity index (χ4v) is 2.19. The number of benzene rings is 1. The zero-order chi connectivity index (χ0) is 13.2. The maximum absolute atomic E-state index is 5.51. The van der Waals surface area contributed by atoms with E-state index in [0.29, 0.717) is 0 Å². The first-order valence-electron chi connectivity index (χ1n) is 6.04. The Balaban J connectivity index is 1.98. The van der Waals surface area contributed by atoms with Crippen molar-refractivity contribution in [2.75, 3.05) is 5.32 Å². The Morgan fingerprint density at radius 3 is 2.22 bits per heavy atom. The lowest BCUT2D eigenvalue weighted by molar-refractivity contribution is 0.493. The van der Waals surface area contributed by atoms with Crippen LogP contribution in [0.2, 0.25) is 0 Å². The van der Waals surface area contributed by atoms with Crippen molar-refractivity contribution in [2.45, 2.75) is 32.7 Å². The minimum absolute atomic E-state index is 0.204. The number of rotatable bonds is 3. The van der Waals surface area contributed by atoms with Crippen LogP contribution in [0.25, 0.3) is 0 Å². The van der Waals surface area contributed by atoms with Gasteiger partial charge in [-0.05, 0) is 57.8 Å². The minimum atomic E-state index is 0.204. The number of hydrogen-bond acceptors (Lipinski definition) is 2. The van der Waals surface area contributed by atoms with E-state index in [9.17, 15) is 0 Å². The van der Waals surface area contributed by atoms with Crippen LogP contribution in [0.4, 0.5) is 5.69 Å². The zero-order valence-electron chi connectivity index (χ0n) is 11.0. The van der Waals surface area contributed by atoms with Crippen LogP contribution in [0, 0.1) is 3.77 Å². The predicted octanol–water partition coefficient (Wildman–Crippen LogP) is 4.79. The number of nitrogens with one attached hydrogen (secondary N) is 1. The molecule has 0 atom stereocenters. The van der Waals surface area contributed by atoms with Crippen molar-refractivity contribution in [3.05, 3.63) is 51.5 Å². The summed E-state index contributed by atoms with van der Waals surface area (Å²) < 4.78 is 6.43. The van der Waals surface area contributed by atoms with Crippen LogP contribution in [-0.4, -0.2) is 0 Å². The number of halogens is 1. The van der Waals surface area contributed by atoms with E-state index in [1.165, 1.54) is 5.56 Å². The molecule has 0 bridgehead atoms. The first-order chi connectivity index (χ1) is 8.45. The molecule has 0 spiro atoms. The first-order valence-corrected chi connectivity index (χ1v) is 7.12. The fourth-order valence-electron chi connectivity index (χ4n) is 1.72. The maximum Gasteiger partial charge on any atom is 0.164 e. The monoisotopic (exact) mass is 355 g/mol. The molecule has 1 aromatic heterocycles. The van der Waals surface area contributed by atoms with Crippen molar-refractivity contribution in [1.29, 1.82) is 0 Å². The summed E-state index contributed by atoms with van der Waals surface area (Å²) in [4.78, 5) is 0. The Kier molecular flexibility index (Phi) is 4.00. The van der Waals surface area contributed by atoms with Gasteiger partial charge in [0.1, 0.15) is 5.76 Å². The van der Waals surface area contributed by atoms with Crippen LogP contribution in [-0.2, 0) is 12.0 Å². The quantitative estimate of drug-likeness (QED) is 0.801. The Hall–Kier alpha value is -0.970. The lowest BCUT2D eigenvalue weighted by Gasteiger charge is -2.19. The smallest absolute Gasteiger partial charge is 0.164 e. The Morgan fingerprint density at radius 1 is 1.06 bits per heavy atom. The molecule has 0 aliphatic rings. The minimum Gasteiger partial charge on any atom is -0.454 e. The molecule has 0 saturated carbocycles. The second-order valence-electron chi connectivity index (χ2n) is 5.39. The molecule has 2 rings (SSSR count). The van der Waals surface area contributed by atoms with Crippen molar-refractivity contribution < 1.29 is 4.42 Å². The SMILES string of the molecule is CC(C)(C)c1ccc(NCc2ccc(I)o2)cc1. The molecular weight excluding hydrogens is 337 g/mol. The van der Waals surface area contributed by atoms with Crippen molar-refractivity contribution in [2.24, 2.45) is 0 Å². The molecule has 96 valence electrons. The van der Waals surface area contributed by atoms with Crippen LogP contribution in [0.5, 0.6) is 0 Å². The predicted molar refractivity (Wildman–Crippen MR) is 83.9 cm³/mol. The van der Waals surface area contributed by atoms with E-state index in [1.54, 1.807) is 0 Å². The summed E-state index contributed by atoms with van der Waals surface area (Å²) in [6.07, 6.45) is 0. The summed E-state index contributed by atoms with van der Waals surface area (Å²) in [5, 5.41) is 3.36. The van der Waals surface area contributed by atoms with Crippen LogP contribution >= 0.6 is 22.6 Å². The molecule has 0 aliphatic heterocycles. The van der Waals surface area contributed by atoms with Gasteiger partial charge in [0.15, 0.2) is 3.77 Å². The molecule has 0 saturated heterocycles. The standard InChI is InChI=1S/C15H18INO/c1-15(2,3)11-4-6-12(7-5-11)17-10-13-8-9-14(16)18-13/h4-9,17H,10H2,1-3H3. The van der Waals surface area contributed by atoms with Gasteiger partial charge in [-0.15, -0.1) is 0 Å². The van der Waals surface area contributed by atoms with Gasteiger partial charge in [0.2, 0.25) is 0 Å². The summed E-state index contributed by atoms with van der Waals surface area (Å²) in [6, 6.07) is 12.6. The number of hydrogen-bond donors (Lipinski definition) is 1. The highest BCUT2D eigenvalue weighted by atomic mass is 127. The molecule has 1 heterocycles. The number of anilines is 1. The van der Waals surface area contributed by atoms with Gasteiger partial charge < -0.3 is 9.73 Å². The summed E-state index contributed by atoms with van der Waals surface area (Å²) in [7, 11) is 0. The van der Waals surface area contributed by atoms with E-state index in [4.69, 9.17) is 4.42 Å². The van der Waals surface area contributed by atoms with Crippen LogP contribution in [0.1, 0.15) is 32.1 Å². The molecule has 0 aliphatic carbocycles. The molecule has 0 unspecified atom stereocenters. The molecule has 1 N–H and O–H groups in total. The highest BCUT2D eigenvalue weighted by Crippen LogP contribution is 2.23. The van der Waals surface area contributed by atoms with Crippen molar-refractivity contribution in [3.63, 3.8) is 0 Å². The van der Waals surface area contributed by atoms with Gasteiger partial charge in [0.25, 0.3) is 0 Å². The molecule has 1 aromatic carbocycles. The van der Waals surface area contributed by atoms with Gasteiger partial charge >= 0.3 is 0 Å². The third-order valence-corrected chi connectivity index (χ3v) is 3.43. The topological polar surface area (TPSA) is 25.2 Å². The molecule has 2 nitrogen and oxygen atoms in total. The molecule has 18 heavy (non-hydrogen) atoms. The van der Waals surface area contributed by atoms with E-state index in [0.717, 1.165) is 21.8 Å². The molecule has 0 radical (unpaired) electrons. The Morgan fingerprint density at radius 2 is 1.72 bits per heavy atom. The molecular formula is C15H18INO. The van der Waals surface area contributed by atoms with Crippen LogP contribution in [0.15, 0.2) is 40.8 Å². The lowest BCUT2D eigenvalue weighted by atomic mass is 9.87. The normalized spacial score (nSPS) is 11.6. The van der Waals surface area contributed by atoms with E-state index < -0.39 is 0 Å². The van der Waals surface area contributed by atoms with Gasteiger partial charge in [-0.1, -0.05) is 32.9 Å². The summed E-state index contributed by atoms with van der Waals surface area (Å²) in [6.45, 7) is 7.39. The van der Waals surface area contributed by atoms with Gasteiger partial charge in [-0.3, -0.25) is 0 Å². The summed E-state index contributed by atoms with van der Waals surface area (Å²) in [5.74, 6) is 0.958. The summed E-state index contributed by atoms with van der Waals surface area (Å²) >= 11 is 2.17. The van der Waals surface area contributed by atoms with E-state index >= 15 is 0 Å². The average Bonchev–Trinajstić information content (AvgIpc) is 2.72. The lowest BCUT2D eigenvalue weighted by Crippen LogP contribution is -2.10. The third-order valence-electron chi connectivity index (χ3n) is 2.85. The third kappa shape index (κ3) is 3.51. The van der Waals surface area contributed by atoms with Crippen LogP contribution < -0.4 is 5.32 Å². The molecule has 0 fully saturated rings. The highest BCUT2D eigenvalue weighted by Gasteiger charge is 2.12. The molecule has 0 amide bonds. The number of furan rings is 1. The summed E-state index contributed by atoms with van der Waals surface area (Å²) in [5.41, 5.74) is 2.67. The van der Waals surface area contributed by atoms with Crippen molar-refractivity contribution >= 4 is 28.3 Å². The van der Waals surface area contributed by atoms with Gasteiger partial charge in [-0.25, -0.2) is 0 Å². The zero-order valence-corrected chi connectivity index (χ0v) is 13.1. The van der Waals surface area contributed by atoms with Crippen molar-refractivity contribution in [1.82, 2.24) is 0 Å². The second-order valence-corrected chi connectivity index (χ2v) is 6.45. The maximum atomic E-state index is 5.51. The Bertz CT molecular complexity index is 508. The van der Waals surface area contributed by atoms with E-state index in [1.807, 2.05) is 12.1 Å². The highest BCUT2D eigenvalue weighted by molar-refractivity contribution is 14.1. The van der Waals surface area contributed by atoms with Gasteiger partial charge in [-0.2, -0.15) is 0 Å². The van der Waals surface area contributed by atoms with Gasteiger partial charge in [0.05, 0.1) is 6.54 Å². The molecule has 3 heteroatoms. The van der Waals surface area contributed by atoms with E-state index in [2.05, 4.69) is 72.9 Å².